The molecule has 3 N–H and O–H groups in total. The van der Waals surface area contributed by atoms with Gasteiger partial charge in [0.1, 0.15) is 5.54 Å². The van der Waals surface area contributed by atoms with Crippen molar-refractivity contribution < 1.29 is 9.53 Å². The third-order valence-corrected chi connectivity index (χ3v) is 3.79. The second kappa shape index (κ2) is 7.22. The molecule has 1 aliphatic carbocycles. The van der Waals surface area contributed by atoms with Crippen LogP contribution in [-0.4, -0.2) is 55.7 Å². The van der Waals surface area contributed by atoms with Gasteiger partial charge in [0.25, 0.3) is 0 Å². The number of nitrogens with one attached hydrogen (secondary N) is 1. The van der Waals surface area contributed by atoms with Crippen LogP contribution in [0.2, 0.25) is 0 Å². The number of amides is 1. The number of hydrogen-bond donors (Lipinski definition) is 2. The zero-order valence-corrected chi connectivity index (χ0v) is 12.7. The number of primary amides is 1. The van der Waals surface area contributed by atoms with Crippen LogP contribution in [0, 0.1) is 5.92 Å². The van der Waals surface area contributed by atoms with Gasteiger partial charge >= 0.3 is 0 Å². The molecule has 0 heterocycles. The fourth-order valence-corrected chi connectivity index (χ4v) is 2.66. The molecule has 19 heavy (non-hydrogen) atoms. The van der Waals surface area contributed by atoms with Crippen molar-refractivity contribution in [3.8, 4) is 0 Å². The van der Waals surface area contributed by atoms with Crippen molar-refractivity contribution in [2.24, 2.45) is 11.7 Å². The summed E-state index contributed by atoms with van der Waals surface area (Å²) < 4.78 is 5.13. The summed E-state index contributed by atoms with van der Waals surface area (Å²) in [4.78, 5) is 14.3. The number of carbonyl (C=O) groups excluding carboxylic acids is 1. The summed E-state index contributed by atoms with van der Waals surface area (Å²) in [6.07, 6.45) is 2.18. The Balaban J connectivity index is 2.79. The summed E-state index contributed by atoms with van der Waals surface area (Å²) in [7, 11) is 1.70. The van der Waals surface area contributed by atoms with E-state index in [0.717, 1.165) is 25.9 Å². The van der Waals surface area contributed by atoms with Gasteiger partial charge in [0.15, 0.2) is 0 Å². The molecular formula is C14H29N3O2. The van der Waals surface area contributed by atoms with Crippen LogP contribution in [0.5, 0.6) is 0 Å². The zero-order valence-electron chi connectivity index (χ0n) is 12.7. The van der Waals surface area contributed by atoms with Crippen molar-refractivity contribution in [1.82, 2.24) is 10.2 Å². The van der Waals surface area contributed by atoms with Gasteiger partial charge in [0.2, 0.25) is 5.91 Å². The highest BCUT2D eigenvalue weighted by Crippen LogP contribution is 2.40. The fourth-order valence-electron chi connectivity index (χ4n) is 2.66. The lowest BCUT2D eigenvalue weighted by Crippen LogP contribution is -2.65. The van der Waals surface area contributed by atoms with Crippen LogP contribution in [-0.2, 0) is 9.53 Å². The molecule has 0 aromatic carbocycles. The molecule has 1 atom stereocenters. The summed E-state index contributed by atoms with van der Waals surface area (Å²) in [5, 5.41) is 3.44. The third-order valence-electron chi connectivity index (χ3n) is 3.79. The predicted octanol–water partition coefficient (Wildman–Crippen LogP) is 0.587. The van der Waals surface area contributed by atoms with Crippen LogP contribution in [0.3, 0.4) is 0 Å². The molecule has 5 heteroatoms. The van der Waals surface area contributed by atoms with Crippen molar-refractivity contribution in [3.63, 3.8) is 0 Å². The maximum atomic E-state index is 12.1. The van der Waals surface area contributed by atoms with Gasteiger partial charge in [-0.1, -0.05) is 6.92 Å². The molecule has 0 bridgehead atoms. The van der Waals surface area contributed by atoms with Crippen LogP contribution in [0.15, 0.2) is 0 Å². The van der Waals surface area contributed by atoms with Gasteiger partial charge in [0.05, 0.1) is 6.61 Å². The molecule has 0 saturated heterocycles. The molecule has 112 valence electrons. The zero-order chi connectivity index (χ0) is 14.5. The van der Waals surface area contributed by atoms with Gasteiger partial charge < -0.3 is 10.5 Å². The first kappa shape index (κ1) is 16.4. The first-order chi connectivity index (χ1) is 8.96. The summed E-state index contributed by atoms with van der Waals surface area (Å²) in [6.45, 7) is 9.29. The summed E-state index contributed by atoms with van der Waals surface area (Å²) in [6, 6.07) is 0.245. The minimum atomic E-state index is -0.585. The maximum Gasteiger partial charge on any atom is 0.239 e. The number of carbonyl (C=O) groups is 1. The van der Waals surface area contributed by atoms with Crippen LogP contribution in [0.25, 0.3) is 0 Å². The Hall–Kier alpha value is -0.650. The van der Waals surface area contributed by atoms with E-state index in [0.29, 0.717) is 19.1 Å². The largest absolute Gasteiger partial charge is 0.383 e. The fraction of sp³-hybridized carbons (Fsp3) is 0.929. The van der Waals surface area contributed by atoms with Crippen LogP contribution >= 0.6 is 0 Å². The van der Waals surface area contributed by atoms with Crippen molar-refractivity contribution >= 4 is 5.91 Å². The highest BCUT2D eigenvalue weighted by molar-refractivity contribution is 5.86. The first-order valence-corrected chi connectivity index (χ1v) is 7.25. The SMILES string of the molecule is CCN(CCOC)CC(NC(C)C)(C(N)=O)C1CC1. The van der Waals surface area contributed by atoms with Gasteiger partial charge in [-0.05, 0) is 39.2 Å². The van der Waals surface area contributed by atoms with Gasteiger partial charge in [-0.15, -0.1) is 0 Å². The minimum absolute atomic E-state index is 0.223. The predicted molar refractivity (Wildman–Crippen MR) is 76.9 cm³/mol. The number of methoxy groups -OCH3 is 1. The molecule has 1 unspecified atom stereocenters. The number of likely N-dealkylation sites (N-methyl/N-ethyl adjacent to an activating group) is 1. The molecule has 0 aromatic heterocycles. The number of nitrogens with zero attached hydrogens (tertiary/aromatic N) is 1. The summed E-state index contributed by atoms with van der Waals surface area (Å²) in [5.41, 5.74) is 5.15. The van der Waals surface area contributed by atoms with E-state index < -0.39 is 5.54 Å². The standard InChI is InChI=1S/C14H29N3O2/c1-5-17(8-9-19-4)10-14(13(15)18,12-6-7-12)16-11(2)3/h11-12,16H,5-10H2,1-4H3,(H2,15,18). The van der Waals surface area contributed by atoms with E-state index in [1.54, 1.807) is 7.11 Å². The molecule has 0 aromatic rings. The van der Waals surface area contributed by atoms with E-state index in [2.05, 4.69) is 31.0 Å². The van der Waals surface area contributed by atoms with Crippen LogP contribution in [0.4, 0.5) is 0 Å². The summed E-state index contributed by atoms with van der Waals surface area (Å²) >= 11 is 0. The van der Waals surface area contributed by atoms with Crippen molar-refractivity contribution in [2.75, 3.05) is 33.4 Å². The molecule has 1 rings (SSSR count). The molecule has 0 spiro atoms. The molecule has 1 saturated carbocycles. The average molecular weight is 271 g/mol. The normalized spacial score (nSPS) is 18.8. The average Bonchev–Trinajstić information content (AvgIpc) is 3.16. The lowest BCUT2D eigenvalue weighted by Gasteiger charge is -2.38. The Kier molecular flexibility index (Phi) is 6.23. The Morgan fingerprint density at radius 2 is 2.16 bits per heavy atom. The molecule has 1 fully saturated rings. The Morgan fingerprint density at radius 1 is 1.53 bits per heavy atom. The highest BCUT2D eigenvalue weighted by Gasteiger charge is 2.50. The second-order valence-electron chi connectivity index (χ2n) is 5.77. The highest BCUT2D eigenvalue weighted by atomic mass is 16.5. The van der Waals surface area contributed by atoms with E-state index in [4.69, 9.17) is 10.5 Å². The number of ether oxygens (including phenoxy) is 1. The van der Waals surface area contributed by atoms with E-state index >= 15 is 0 Å². The van der Waals surface area contributed by atoms with Crippen molar-refractivity contribution in [3.05, 3.63) is 0 Å². The molecular weight excluding hydrogens is 242 g/mol. The molecule has 1 aliphatic rings. The molecule has 5 nitrogen and oxygen atoms in total. The van der Waals surface area contributed by atoms with Gasteiger partial charge in [-0.3, -0.25) is 15.0 Å². The molecule has 0 aliphatic heterocycles. The Bertz CT molecular complexity index is 292. The lowest BCUT2D eigenvalue weighted by atomic mass is 9.90. The maximum absolute atomic E-state index is 12.1. The third kappa shape index (κ3) is 4.44. The number of hydrogen-bond acceptors (Lipinski definition) is 4. The van der Waals surface area contributed by atoms with Gasteiger partial charge in [-0.25, -0.2) is 0 Å². The van der Waals surface area contributed by atoms with Gasteiger partial charge in [-0.2, -0.15) is 0 Å². The Labute approximate surface area is 116 Å². The van der Waals surface area contributed by atoms with Crippen LogP contribution in [0.1, 0.15) is 33.6 Å². The van der Waals surface area contributed by atoms with Crippen molar-refractivity contribution in [1.29, 1.82) is 0 Å². The monoisotopic (exact) mass is 271 g/mol. The van der Waals surface area contributed by atoms with E-state index in [9.17, 15) is 4.79 Å². The van der Waals surface area contributed by atoms with E-state index in [1.165, 1.54) is 0 Å². The van der Waals surface area contributed by atoms with Gasteiger partial charge in [0, 0.05) is 26.2 Å². The minimum Gasteiger partial charge on any atom is -0.383 e. The number of nitrogens with two attached hydrogens (primary N) is 1. The first-order valence-electron chi connectivity index (χ1n) is 7.25. The quantitative estimate of drug-likeness (QED) is 0.610. The van der Waals surface area contributed by atoms with E-state index in [1.807, 2.05) is 0 Å². The number of rotatable bonds is 10. The second-order valence-corrected chi connectivity index (χ2v) is 5.77. The van der Waals surface area contributed by atoms with Crippen molar-refractivity contribution in [2.45, 2.75) is 45.2 Å². The smallest absolute Gasteiger partial charge is 0.239 e. The molecule has 1 amide bonds. The molecule has 0 radical (unpaired) electrons. The topological polar surface area (TPSA) is 67.6 Å². The Morgan fingerprint density at radius 3 is 2.53 bits per heavy atom. The lowest BCUT2D eigenvalue weighted by molar-refractivity contribution is -0.126. The van der Waals surface area contributed by atoms with Crippen LogP contribution < -0.4 is 11.1 Å². The van der Waals surface area contributed by atoms with E-state index in [-0.39, 0.29) is 11.9 Å². The summed E-state index contributed by atoms with van der Waals surface area (Å²) in [5.74, 6) is 0.156.